The molecule has 0 radical (unpaired) electrons. The van der Waals surface area contributed by atoms with Gasteiger partial charge in [0.15, 0.2) is 0 Å². The quantitative estimate of drug-likeness (QED) is 0.222. The molecule has 0 atom stereocenters. The first-order valence-corrected chi connectivity index (χ1v) is 16.1. The molecule has 0 aliphatic rings. The second kappa shape index (κ2) is 12.2. The summed E-state index contributed by atoms with van der Waals surface area (Å²) in [4.78, 5) is 13.1. The average molecular weight is 643 g/mol. The first-order chi connectivity index (χ1) is 19.0. The average Bonchev–Trinajstić information content (AvgIpc) is 2.93. The van der Waals surface area contributed by atoms with Gasteiger partial charge in [-0.05, 0) is 91.7 Å². The number of amides is 1. The van der Waals surface area contributed by atoms with E-state index in [0.29, 0.717) is 17.1 Å². The number of nitrogens with zero attached hydrogens (tertiary/aromatic N) is 1. The van der Waals surface area contributed by atoms with Crippen molar-refractivity contribution in [1.82, 2.24) is 0 Å². The first kappa shape index (κ1) is 29.3. The van der Waals surface area contributed by atoms with Crippen LogP contribution in [0.5, 0.6) is 0 Å². The molecule has 0 bridgehead atoms. The molecule has 40 heavy (non-hydrogen) atoms. The summed E-state index contributed by atoms with van der Waals surface area (Å²) in [5.41, 5.74) is 3.02. The molecule has 0 spiro atoms. The molecule has 0 saturated heterocycles. The first-order valence-electron chi connectivity index (χ1n) is 12.3. The number of carbonyl (C=O) groups excluding carboxylic acids is 1. The Morgan fingerprint density at radius 3 is 1.88 bits per heavy atom. The van der Waals surface area contributed by atoms with Crippen LogP contribution in [0.4, 0.5) is 17.1 Å². The van der Waals surface area contributed by atoms with Crippen LogP contribution in [0, 0.1) is 6.92 Å². The maximum absolute atomic E-state index is 13.6. The van der Waals surface area contributed by atoms with E-state index in [1.165, 1.54) is 36.4 Å². The van der Waals surface area contributed by atoms with Gasteiger partial charge < -0.3 is 5.32 Å². The van der Waals surface area contributed by atoms with E-state index in [1.807, 2.05) is 26.0 Å². The number of hydrogen-bond acceptors (Lipinski definition) is 5. The van der Waals surface area contributed by atoms with Crippen molar-refractivity contribution in [2.45, 2.75) is 30.1 Å². The van der Waals surface area contributed by atoms with E-state index in [0.717, 1.165) is 26.3 Å². The van der Waals surface area contributed by atoms with Gasteiger partial charge in [0.05, 0.1) is 15.5 Å². The van der Waals surface area contributed by atoms with E-state index in [4.69, 9.17) is 0 Å². The zero-order chi connectivity index (χ0) is 28.9. The van der Waals surface area contributed by atoms with Gasteiger partial charge in [0.25, 0.3) is 20.0 Å². The zero-order valence-electron chi connectivity index (χ0n) is 21.8. The number of halogens is 1. The molecule has 2 N–H and O–H groups in total. The molecule has 8 nitrogen and oxygen atoms in total. The van der Waals surface area contributed by atoms with Gasteiger partial charge in [-0.3, -0.25) is 13.8 Å². The predicted molar refractivity (Wildman–Crippen MR) is 162 cm³/mol. The van der Waals surface area contributed by atoms with E-state index in [9.17, 15) is 21.6 Å². The predicted octanol–water partition coefficient (Wildman–Crippen LogP) is 5.95. The third kappa shape index (κ3) is 7.09. The topological polar surface area (TPSA) is 113 Å². The fourth-order valence-corrected chi connectivity index (χ4v) is 6.57. The Labute approximate surface area is 243 Å². The molecule has 0 aliphatic heterocycles. The lowest BCUT2D eigenvalue weighted by molar-refractivity contribution is -0.114. The van der Waals surface area contributed by atoms with Crippen LogP contribution in [0.2, 0.25) is 0 Å². The number of nitrogens with one attached hydrogen (secondary N) is 2. The molecule has 208 valence electrons. The number of hydrogen-bond donors (Lipinski definition) is 2. The molecule has 0 heterocycles. The number of sulfonamides is 2. The molecule has 4 rings (SSSR count). The Balaban J connectivity index is 1.53. The summed E-state index contributed by atoms with van der Waals surface area (Å²) >= 11 is 3.31. The summed E-state index contributed by atoms with van der Waals surface area (Å²) in [5, 5.41) is 2.67. The van der Waals surface area contributed by atoms with Crippen molar-refractivity contribution in [2.24, 2.45) is 0 Å². The molecule has 0 saturated carbocycles. The second-order valence-electron chi connectivity index (χ2n) is 9.03. The van der Waals surface area contributed by atoms with Crippen molar-refractivity contribution in [1.29, 1.82) is 0 Å². The molecule has 0 aromatic heterocycles. The van der Waals surface area contributed by atoms with Gasteiger partial charge in [0, 0.05) is 15.8 Å². The van der Waals surface area contributed by atoms with E-state index in [-0.39, 0.29) is 9.79 Å². The minimum absolute atomic E-state index is 0.00741. The van der Waals surface area contributed by atoms with E-state index >= 15 is 0 Å². The van der Waals surface area contributed by atoms with Crippen molar-refractivity contribution in [3.05, 3.63) is 113 Å². The van der Waals surface area contributed by atoms with Crippen molar-refractivity contribution >= 4 is 58.9 Å². The fraction of sp³-hybridized carbons (Fsp3) is 0.138. The Hall–Kier alpha value is -3.67. The summed E-state index contributed by atoms with van der Waals surface area (Å²) in [6.45, 7) is 3.38. The highest BCUT2D eigenvalue weighted by Crippen LogP contribution is 2.25. The maximum Gasteiger partial charge on any atom is 0.264 e. The fourth-order valence-electron chi connectivity index (χ4n) is 3.83. The maximum atomic E-state index is 13.6. The molecule has 0 fully saturated rings. The van der Waals surface area contributed by atoms with Crippen LogP contribution in [0.1, 0.15) is 18.1 Å². The highest BCUT2D eigenvalue weighted by Gasteiger charge is 2.27. The van der Waals surface area contributed by atoms with Crippen LogP contribution in [0.3, 0.4) is 0 Å². The molecule has 0 unspecified atom stereocenters. The zero-order valence-corrected chi connectivity index (χ0v) is 25.1. The summed E-state index contributed by atoms with van der Waals surface area (Å²) < 4.78 is 57.0. The molecular formula is C29H28BrN3O5S2. The van der Waals surface area contributed by atoms with Crippen LogP contribution in [-0.4, -0.2) is 29.3 Å². The SMILES string of the molecule is CCc1ccc(N(CC(=O)Nc2ccc(S(=O)(=O)Nc3ccc(Br)cc3)cc2)S(=O)(=O)c2ccc(C)cc2)cc1. The van der Waals surface area contributed by atoms with E-state index < -0.39 is 32.5 Å². The van der Waals surface area contributed by atoms with Gasteiger partial charge >= 0.3 is 0 Å². The standard InChI is InChI=1S/C29H28BrN3O5S2/c1-3-22-6-14-26(15-7-22)33(40(37,38)28-16-4-21(2)5-17-28)20-29(34)31-24-12-18-27(19-13-24)39(35,36)32-25-10-8-23(30)9-11-25/h4-19,32H,3,20H2,1-2H3,(H,31,34). The van der Waals surface area contributed by atoms with Crippen molar-refractivity contribution in [2.75, 3.05) is 20.9 Å². The largest absolute Gasteiger partial charge is 0.325 e. The molecule has 11 heteroatoms. The Morgan fingerprint density at radius 1 is 0.750 bits per heavy atom. The highest BCUT2D eigenvalue weighted by atomic mass is 79.9. The monoisotopic (exact) mass is 641 g/mol. The van der Waals surface area contributed by atoms with Crippen LogP contribution < -0.4 is 14.3 Å². The van der Waals surface area contributed by atoms with Crippen molar-refractivity contribution in [3.63, 3.8) is 0 Å². The Kier molecular flexibility index (Phi) is 8.97. The number of rotatable bonds is 10. The van der Waals surface area contributed by atoms with Crippen LogP contribution in [-0.2, 0) is 31.3 Å². The van der Waals surface area contributed by atoms with Gasteiger partial charge in [0.1, 0.15) is 6.54 Å². The van der Waals surface area contributed by atoms with Gasteiger partial charge in [-0.1, -0.05) is 52.7 Å². The summed E-state index contributed by atoms with van der Waals surface area (Å²) in [6, 6.07) is 25.7. The lowest BCUT2D eigenvalue weighted by atomic mass is 10.1. The molecule has 0 aliphatic carbocycles. The van der Waals surface area contributed by atoms with Gasteiger partial charge in [-0.25, -0.2) is 16.8 Å². The smallest absolute Gasteiger partial charge is 0.264 e. The summed E-state index contributed by atoms with van der Waals surface area (Å²) in [5.74, 6) is -0.584. The third-order valence-electron chi connectivity index (χ3n) is 6.07. The second-order valence-corrected chi connectivity index (χ2v) is 13.5. The van der Waals surface area contributed by atoms with Crippen molar-refractivity contribution in [3.8, 4) is 0 Å². The molecule has 4 aromatic carbocycles. The minimum atomic E-state index is -4.05. The molecule has 1 amide bonds. The summed E-state index contributed by atoms with van der Waals surface area (Å²) in [6.07, 6.45) is 0.788. The van der Waals surface area contributed by atoms with Crippen LogP contribution >= 0.6 is 15.9 Å². The number of benzene rings is 4. The number of aryl methyl sites for hydroxylation is 2. The van der Waals surface area contributed by atoms with Gasteiger partial charge in [-0.15, -0.1) is 0 Å². The number of carbonyl (C=O) groups is 1. The Bertz CT molecular complexity index is 1690. The molecular weight excluding hydrogens is 614 g/mol. The molecule has 4 aromatic rings. The van der Waals surface area contributed by atoms with Crippen LogP contribution in [0.25, 0.3) is 0 Å². The third-order valence-corrected chi connectivity index (χ3v) is 9.79. The minimum Gasteiger partial charge on any atom is -0.325 e. The van der Waals surface area contributed by atoms with Crippen molar-refractivity contribution < 1.29 is 21.6 Å². The lowest BCUT2D eigenvalue weighted by Gasteiger charge is -2.24. The van der Waals surface area contributed by atoms with Crippen LogP contribution in [0.15, 0.2) is 111 Å². The summed E-state index contributed by atoms with van der Waals surface area (Å²) in [7, 11) is -7.91. The highest BCUT2D eigenvalue weighted by molar-refractivity contribution is 9.10. The van der Waals surface area contributed by atoms with Gasteiger partial charge in [-0.2, -0.15) is 0 Å². The normalized spacial score (nSPS) is 11.6. The van der Waals surface area contributed by atoms with Gasteiger partial charge in [0.2, 0.25) is 5.91 Å². The van der Waals surface area contributed by atoms with E-state index in [1.54, 1.807) is 48.5 Å². The number of anilines is 3. The Morgan fingerprint density at radius 2 is 1.30 bits per heavy atom. The lowest BCUT2D eigenvalue weighted by Crippen LogP contribution is -2.38. The van der Waals surface area contributed by atoms with E-state index in [2.05, 4.69) is 26.0 Å².